The van der Waals surface area contributed by atoms with E-state index in [9.17, 15) is 0 Å². The van der Waals surface area contributed by atoms with E-state index in [1.54, 1.807) is 0 Å². The predicted octanol–water partition coefficient (Wildman–Crippen LogP) is 19.2. The van der Waals surface area contributed by atoms with Gasteiger partial charge in [-0.1, -0.05) is 225 Å². The number of hydrogen-bond donors (Lipinski definition) is 0. The van der Waals surface area contributed by atoms with Crippen LogP contribution < -0.4 is 14.5 Å². The fourth-order valence-electron chi connectivity index (χ4n) is 11.1. The third-order valence-electron chi connectivity index (χ3n) is 15.8. The summed E-state index contributed by atoms with van der Waals surface area (Å²) in [7, 11) is 0. The predicted molar refractivity (Wildman–Crippen MR) is 324 cm³/mol. The van der Waals surface area contributed by atoms with Gasteiger partial charge in [0.2, 0.25) is 0 Å². The summed E-state index contributed by atoms with van der Waals surface area (Å²) >= 11 is 0. The van der Waals surface area contributed by atoms with Gasteiger partial charge in [-0.15, -0.1) is 53.6 Å². The molecular weight excluding hydrogens is 1130 g/mol. The second-order valence-electron chi connectivity index (χ2n) is 26.4. The first-order valence-corrected chi connectivity index (χ1v) is 27.4. The van der Waals surface area contributed by atoms with Crippen molar-refractivity contribution in [2.24, 2.45) is 10.8 Å². The Morgan fingerprint density at radius 2 is 0.987 bits per heavy atom. The van der Waals surface area contributed by atoms with Crippen LogP contribution in [0.15, 0.2) is 181 Å². The first-order valence-electron chi connectivity index (χ1n) is 27.4. The third kappa shape index (κ3) is 10.8. The number of fused-ring (bicyclic) bond motifs is 3. The number of benzene rings is 7. The Morgan fingerprint density at radius 3 is 1.58 bits per heavy atom. The van der Waals surface area contributed by atoms with E-state index in [-0.39, 0.29) is 53.6 Å². The maximum absolute atomic E-state index is 7.11. The molecule has 3 heterocycles. The summed E-state index contributed by atoms with van der Waals surface area (Å²) in [5.74, 6) is 2.03. The van der Waals surface area contributed by atoms with E-state index in [2.05, 4.69) is 308 Å². The van der Waals surface area contributed by atoms with Gasteiger partial charge in [0.25, 0.3) is 0 Å². The van der Waals surface area contributed by atoms with Crippen LogP contribution in [0.25, 0.3) is 38.8 Å². The quantitative estimate of drug-likeness (QED) is 0.128. The Morgan fingerprint density at radius 1 is 0.423 bits per heavy atom. The summed E-state index contributed by atoms with van der Waals surface area (Å²) in [6.45, 7) is 39.3. The molecular formula is C72H77N4OPt-3. The van der Waals surface area contributed by atoms with Crippen LogP contribution in [0, 0.1) is 29.6 Å². The van der Waals surface area contributed by atoms with E-state index >= 15 is 0 Å². The number of rotatable bonds is 10. The minimum Gasteiger partial charge on any atom is -0.509 e. The van der Waals surface area contributed by atoms with Crippen molar-refractivity contribution in [1.29, 1.82) is 0 Å². The zero-order valence-electron chi connectivity index (χ0n) is 48.8. The summed E-state index contributed by atoms with van der Waals surface area (Å²) in [4.78, 5) is 9.86. The molecule has 0 amide bonds. The standard InChI is InChI=1S/C72H77N4O.Pt/c1-67(2,3)52-36-37-73-64(44-52)76-62-35-32-53(71(13,14)50-28-22-18-23-29-50)43-61(62)60-34-33-58(46-63(60)76)77-59-39-49(48-26-20-17-21-27-48)38-56(45-59)74-47-75(66(70(10,11)12)65(74)69(7,8)9)57-41-54(68(4,5)6)40-55(42-57)72(15,16)51-30-24-19-25-31-51;/h17-44,47H,1-16H3;/q-3;. The van der Waals surface area contributed by atoms with Gasteiger partial charge < -0.3 is 19.1 Å². The van der Waals surface area contributed by atoms with E-state index in [1.807, 2.05) is 6.20 Å². The average Bonchev–Trinajstić information content (AvgIpc) is 4.21. The zero-order chi connectivity index (χ0) is 55.0. The molecule has 7 aromatic carbocycles. The Labute approximate surface area is 480 Å². The van der Waals surface area contributed by atoms with Gasteiger partial charge >= 0.3 is 0 Å². The first kappa shape index (κ1) is 56.1. The minimum absolute atomic E-state index is 0. The molecule has 9 aromatic rings. The molecule has 0 saturated heterocycles. The Bertz CT molecular complexity index is 3670. The van der Waals surface area contributed by atoms with Crippen LogP contribution in [0.1, 0.15) is 144 Å². The molecule has 0 fully saturated rings. The van der Waals surface area contributed by atoms with Gasteiger partial charge in [-0.05, 0) is 85.5 Å². The van der Waals surface area contributed by atoms with Crippen molar-refractivity contribution in [2.45, 2.75) is 132 Å². The van der Waals surface area contributed by atoms with Crippen molar-refractivity contribution in [3.8, 4) is 28.4 Å². The van der Waals surface area contributed by atoms with Crippen LogP contribution in [-0.2, 0) is 42.7 Å². The van der Waals surface area contributed by atoms with Crippen molar-refractivity contribution >= 4 is 33.2 Å². The molecule has 0 bridgehead atoms. The van der Waals surface area contributed by atoms with Crippen LogP contribution >= 0.6 is 0 Å². The number of anilines is 2. The van der Waals surface area contributed by atoms with Gasteiger partial charge in [-0.2, -0.15) is 6.07 Å². The molecule has 10 rings (SSSR count). The van der Waals surface area contributed by atoms with Crippen LogP contribution in [0.4, 0.5) is 11.4 Å². The monoisotopic (exact) mass is 1210 g/mol. The minimum atomic E-state index is -0.278. The molecule has 78 heavy (non-hydrogen) atoms. The number of nitrogens with zero attached hydrogens (tertiary/aromatic N) is 4. The number of allylic oxidation sites excluding steroid dienone is 2. The normalized spacial score (nSPS) is 13.9. The second-order valence-corrected chi connectivity index (χ2v) is 26.4. The maximum atomic E-state index is 7.11. The number of hydrogen-bond acceptors (Lipinski definition) is 4. The number of ether oxygens (including phenoxy) is 1. The molecule has 5 nitrogen and oxygen atoms in total. The van der Waals surface area contributed by atoms with E-state index in [1.165, 1.54) is 44.8 Å². The molecule has 0 saturated carbocycles. The Balaban J connectivity index is 0.00000740. The fraction of sp³-hybridized carbons (Fsp3) is 0.306. The third-order valence-corrected chi connectivity index (χ3v) is 15.8. The van der Waals surface area contributed by atoms with Crippen molar-refractivity contribution < 1.29 is 25.8 Å². The van der Waals surface area contributed by atoms with Crippen molar-refractivity contribution in [1.82, 2.24) is 9.55 Å². The molecule has 6 heteroatoms. The summed E-state index contributed by atoms with van der Waals surface area (Å²) in [6, 6.07) is 67.0. The van der Waals surface area contributed by atoms with Crippen LogP contribution in [0.5, 0.6) is 11.5 Å². The molecule has 1 aliphatic rings. The van der Waals surface area contributed by atoms with Gasteiger partial charge in [0.15, 0.2) is 0 Å². The van der Waals surface area contributed by atoms with Crippen LogP contribution in [0.2, 0.25) is 0 Å². The molecule has 0 atom stereocenters. The Hall–Kier alpha value is -6.68. The summed E-state index contributed by atoms with van der Waals surface area (Å²) in [5, 5.41) is 2.22. The SMILES string of the molecule is CC(C)(C)C1=C(C(C)(C)C)N(c2cc(C(C)(C)C)cc(C(C)(C)c3ccccc3)c2)[CH-]N1c1[c-]c(Oc2[c-]c3c(cc2)c2cc(C(C)(C)c4ccccc4)ccc2n3-c2cc(C(C)(C)C)ccn2)cc(-c2ccccc2)c1.[Pt]. The van der Waals surface area contributed by atoms with Crippen molar-refractivity contribution in [2.75, 3.05) is 9.80 Å². The smallest absolute Gasteiger partial charge is 0.135 e. The largest absolute Gasteiger partial charge is 0.509 e. The molecule has 0 N–H and O–H groups in total. The second kappa shape index (κ2) is 20.5. The molecule has 404 valence electrons. The van der Waals surface area contributed by atoms with E-state index in [4.69, 9.17) is 9.72 Å². The molecule has 0 spiro atoms. The summed E-state index contributed by atoms with van der Waals surface area (Å²) in [6.07, 6.45) is 1.93. The van der Waals surface area contributed by atoms with Gasteiger partial charge in [-0.3, -0.25) is 0 Å². The van der Waals surface area contributed by atoms with Gasteiger partial charge in [0, 0.05) is 83.0 Å². The van der Waals surface area contributed by atoms with E-state index in [0.717, 1.165) is 50.1 Å². The van der Waals surface area contributed by atoms with Crippen LogP contribution in [0.3, 0.4) is 0 Å². The summed E-state index contributed by atoms with van der Waals surface area (Å²) in [5.41, 5.74) is 15.0. The molecule has 0 unspecified atom stereocenters. The van der Waals surface area contributed by atoms with Crippen molar-refractivity contribution in [3.63, 3.8) is 0 Å². The molecule has 0 radical (unpaired) electrons. The topological polar surface area (TPSA) is 33.5 Å². The molecule has 2 aromatic heterocycles. The van der Waals surface area contributed by atoms with Crippen molar-refractivity contribution in [3.05, 3.63) is 234 Å². The van der Waals surface area contributed by atoms with E-state index in [0.29, 0.717) is 11.5 Å². The summed E-state index contributed by atoms with van der Waals surface area (Å²) < 4.78 is 9.36. The zero-order valence-corrected chi connectivity index (χ0v) is 51.0. The fourth-order valence-corrected chi connectivity index (χ4v) is 11.1. The first-order chi connectivity index (χ1) is 36.2. The van der Waals surface area contributed by atoms with Gasteiger partial charge in [0.1, 0.15) is 5.82 Å². The molecule has 1 aliphatic heterocycles. The maximum Gasteiger partial charge on any atom is 0.135 e. The average molecular weight is 1210 g/mol. The van der Waals surface area contributed by atoms with Crippen LogP contribution in [-0.4, -0.2) is 9.55 Å². The van der Waals surface area contributed by atoms with Gasteiger partial charge in [0.05, 0.1) is 0 Å². The van der Waals surface area contributed by atoms with E-state index < -0.39 is 0 Å². The Kier molecular flexibility index (Phi) is 14.7. The number of pyridine rings is 1. The number of aromatic nitrogens is 2. The molecule has 0 aliphatic carbocycles. The van der Waals surface area contributed by atoms with Gasteiger partial charge in [-0.25, -0.2) is 4.98 Å².